The summed E-state index contributed by atoms with van der Waals surface area (Å²) in [5.74, 6) is 1.33. The Balaban J connectivity index is 1.65. The fourth-order valence-corrected chi connectivity index (χ4v) is 5.38. The number of aromatic nitrogens is 2. The van der Waals surface area contributed by atoms with E-state index in [1.54, 1.807) is 10.6 Å². The van der Waals surface area contributed by atoms with Crippen molar-refractivity contribution >= 4 is 28.6 Å². The minimum Gasteiger partial charge on any atom is -0.352 e. The molecule has 0 spiro atoms. The Kier molecular flexibility index (Phi) is 6.70. The van der Waals surface area contributed by atoms with E-state index < -0.39 is 0 Å². The third-order valence-electron chi connectivity index (χ3n) is 6.95. The monoisotopic (exact) mass is 449 g/mol. The van der Waals surface area contributed by atoms with Crippen molar-refractivity contribution in [3.63, 3.8) is 0 Å². The lowest BCUT2D eigenvalue weighted by Gasteiger charge is -2.34. The van der Waals surface area contributed by atoms with Gasteiger partial charge in [-0.2, -0.15) is 0 Å². The summed E-state index contributed by atoms with van der Waals surface area (Å²) in [6.07, 6.45) is 3.41. The van der Waals surface area contributed by atoms with Gasteiger partial charge in [-0.05, 0) is 61.4 Å². The van der Waals surface area contributed by atoms with Crippen molar-refractivity contribution in [1.29, 1.82) is 0 Å². The Hall–Kier alpha value is -2.60. The van der Waals surface area contributed by atoms with Crippen LogP contribution in [0.3, 0.4) is 0 Å². The molecule has 1 fully saturated rings. The first-order valence-corrected chi connectivity index (χ1v) is 12.4. The van der Waals surface area contributed by atoms with E-state index in [2.05, 4.69) is 19.2 Å². The van der Waals surface area contributed by atoms with Crippen molar-refractivity contribution in [2.75, 3.05) is 5.75 Å². The van der Waals surface area contributed by atoms with Gasteiger partial charge in [0.1, 0.15) is 0 Å². The van der Waals surface area contributed by atoms with Crippen LogP contribution in [0.25, 0.3) is 16.6 Å². The molecule has 2 aromatic carbocycles. The van der Waals surface area contributed by atoms with Crippen LogP contribution in [0.15, 0.2) is 52.4 Å². The number of aryl methyl sites for hydroxylation is 1. The van der Waals surface area contributed by atoms with E-state index in [-0.39, 0.29) is 23.3 Å². The number of para-hydroxylation sites is 1. The molecule has 1 aliphatic rings. The van der Waals surface area contributed by atoms with Crippen LogP contribution in [0.1, 0.15) is 44.2 Å². The summed E-state index contributed by atoms with van der Waals surface area (Å²) in [5, 5.41) is 4.35. The van der Waals surface area contributed by atoms with Crippen molar-refractivity contribution in [1.82, 2.24) is 14.9 Å². The van der Waals surface area contributed by atoms with E-state index in [1.165, 1.54) is 18.2 Å². The first kappa shape index (κ1) is 22.6. The molecule has 3 aromatic rings. The molecule has 0 saturated heterocycles. The summed E-state index contributed by atoms with van der Waals surface area (Å²) in [6, 6.07) is 13.5. The third-order valence-corrected chi connectivity index (χ3v) is 7.89. The highest BCUT2D eigenvalue weighted by Gasteiger charge is 2.28. The molecule has 1 aliphatic carbocycles. The molecule has 5 nitrogen and oxygen atoms in total. The molecule has 1 saturated carbocycles. The molecular formula is C26H31N3O2S. The van der Waals surface area contributed by atoms with Crippen LogP contribution in [-0.4, -0.2) is 27.3 Å². The number of thioether (sulfide) groups is 1. The van der Waals surface area contributed by atoms with Crippen LogP contribution in [0, 0.1) is 25.7 Å². The van der Waals surface area contributed by atoms with Crippen LogP contribution in [-0.2, 0) is 4.79 Å². The van der Waals surface area contributed by atoms with Gasteiger partial charge >= 0.3 is 0 Å². The van der Waals surface area contributed by atoms with E-state index in [4.69, 9.17) is 4.98 Å². The average Bonchev–Trinajstić information content (AvgIpc) is 2.78. The summed E-state index contributed by atoms with van der Waals surface area (Å²) in [5.41, 5.74) is 3.49. The van der Waals surface area contributed by atoms with Crippen molar-refractivity contribution in [3.8, 4) is 5.69 Å². The number of amides is 1. The zero-order valence-electron chi connectivity index (χ0n) is 19.2. The second kappa shape index (κ2) is 9.49. The van der Waals surface area contributed by atoms with Crippen molar-refractivity contribution in [3.05, 3.63) is 63.9 Å². The third kappa shape index (κ3) is 4.46. The van der Waals surface area contributed by atoms with Gasteiger partial charge in [-0.25, -0.2) is 4.98 Å². The predicted molar refractivity (Wildman–Crippen MR) is 132 cm³/mol. The molecule has 1 amide bonds. The van der Waals surface area contributed by atoms with Crippen LogP contribution in [0.5, 0.6) is 0 Å². The number of benzene rings is 2. The SMILES string of the molecule is Cc1cccc(-n2c(SCC(=O)NC3CCCC(C)C3C)nc3ccccc3c2=O)c1C. The summed E-state index contributed by atoms with van der Waals surface area (Å²) in [6.45, 7) is 8.54. The lowest BCUT2D eigenvalue weighted by Crippen LogP contribution is -2.44. The van der Waals surface area contributed by atoms with Crippen LogP contribution in [0.4, 0.5) is 0 Å². The minimum atomic E-state index is -0.109. The smallest absolute Gasteiger partial charge is 0.266 e. The average molecular weight is 450 g/mol. The second-order valence-electron chi connectivity index (χ2n) is 9.00. The topological polar surface area (TPSA) is 64.0 Å². The lowest BCUT2D eigenvalue weighted by molar-refractivity contribution is -0.120. The molecule has 0 aliphatic heterocycles. The largest absolute Gasteiger partial charge is 0.352 e. The first-order valence-electron chi connectivity index (χ1n) is 11.4. The van der Waals surface area contributed by atoms with E-state index in [0.29, 0.717) is 27.9 Å². The van der Waals surface area contributed by atoms with E-state index in [9.17, 15) is 9.59 Å². The highest BCUT2D eigenvalue weighted by molar-refractivity contribution is 7.99. The number of hydrogen-bond acceptors (Lipinski definition) is 4. The number of fused-ring (bicyclic) bond motifs is 1. The van der Waals surface area contributed by atoms with Gasteiger partial charge in [0.2, 0.25) is 5.91 Å². The molecular weight excluding hydrogens is 418 g/mol. The highest BCUT2D eigenvalue weighted by atomic mass is 32.2. The van der Waals surface area contributed by atoms with Crippen LogP contribution >= 0.6 is 11.8 Å². The molecule has 3 atom stereocenters. The van der Waals surface area contributed by atoms with Gasteiger partial charge < -0.3 is 5.32 Å². The van der Waals surface area contributed by atoms with E-state index >= 15 is 0 Å². The van der Waals surface area contributed by atoms with Gasteiger partial charge in [-0.15, -0.1) is 0 Å². The molecule has 4 rings (SSSR count). The molecule has 32 heavy (non-hydrogen) atoms. The number of carbonyl (C=O) groups excluding carboxylic acids is 1. The zero-order chi connectivity index (χ0) is 22.8. The number of rotatable bonds is 5. The molecule has 168 valence electrons. The first-order chi connectivity index (χ1) is 15.4. The Morgan fingerprint density at radius 1 is 1.12 bits per heavy atom. The standard InChI is InChI=1S/C26H31N3O2S/c1-16-9-7-13-21(18(16)3)27-24(30)15-32-26-28-22-12-6-5-11-20(22)25(31)29(26)23-14-8-10-17(2)19(23)4/h5-6,8,10-12,14,16,18,21H,7,9,13,15H2,1-4H3,(H,27,30). The zero-order valence-corrected chi connectivity index (χ0v) is 20.0. The highest BCUT2D eigenvalue weighted by Crippen LogP contribution is 2.30. The summed E-state index contributed by atoms with van der Waals surface area (Å²) in [7, 11) is 0. The van der Waals surface area contributed by atoms with E-state index in [0.717, 1.165) is 29.7 Å². The normalized spacial score (nSPS) is 20.9. The van der Waals surface area contributed by atoms with Gasteiger partial charge in [0.15, 0.2) is 5.16 Å². The van der Waals surface area contributed by atoms with Gasteiger partial charge in [-0.3, -0.25) is 14.2 Å². The minimum absolute atomic E-state index is 0.00382. The molecule has 1 heterocycles. The van der Waals surface area contributed by atoms with Crippen molar-refractivity contribution < 1.29 is 4.79 Å². The molecule has 1 N–H and O–H groups in total. The van der Waals surface area contributed by atoms with Gasteiger partial charge in [-0.1, -0.05) is 62.7 Å². The van der Waals surface area contributed by atoms with Gasteiger partial charge in [0, 0.05) is 6.04 Å². The Morgan fingerprint density at radius 2 is 1.91 bits per heavy atom. The number of nitrogens with one attached hydrogen (secondary N) is 1. The summed E-state index contributed by atoms with van der Waals surface area (Å²) >= 11 is 1.32. The fourth-order valence-electron chi connectivity index (χ4n) is 4.56. The van der Waals surface area contributed by atoms with Crippen LogP contribution < -0.4 is 10.9 Å². The Labute approximate surface area is 193 Å². The predicted octanol–water partition coefficient (Wildman–Crippen LogP) is 5.04. The molecule has 6 heteroatoms. The maximum absolute atomic E-state index is 13.5. The lowest BCUT2D eigenvalue weighted by atomic mass is 9.78. The summed E-state index contributed by atoms with van der Waals surface area (Å²) in [4.78, 5) is 31.0. The van der Waals surface area contributed by atoms with E-state index in [1.807, 2.05) is 50.2 Å². The second-order valence-corrected chi connectivity index (χ2v) is 9.94. The Bertz CT molecular complexity index is 1200. The van der Waals surface area contributed by atoms with Crippen molar-refractivity contribution in [2.24, 2.45) is 11.8 Å². The molecule has 1 aromatic heterocycles. The number of hydrogen-bond donors (Lipinski definition) is 1. The maximum Gasteiger partial charge on any atom is 0.266 e. The van der Waals surface area contributed by atoms with Gasteiger partial charge in [0.05, 0.1) is 22.3 Å². The fraction of sp³-hybridized carbons (Fsp3) is 0.423. The quantitative estimate of drug-likeness (QED) is 0.438. The maximum atomic E-state index is 13.5. The molecule has 0 radical (unpaired) electrons. The Morgan fingerprint density at radius 3 is 2.72 bits per heavy atom. The molecule has 3 unspecified atom stereocenters. The summed E-state index contributed by atoms with van der Waals surface area (Å²) < 4.78 is 1.66. The van der Waals surface area contributed by atoms with Gasteiger partial charge in [0.25, 0.3) is 5.56 Å². The van der Waals surface area contributed by atoms with Crippen LogP contribution in [0.2, 0.25) is 0 Å². The number of carbonyl (C=O) groups is 1. The van der Waals surface area contributed by atoms with Crippen molar-refractivity contribution in [2.45, 2.75) is 58.2 Å². The number of nitrogens with zero attached hydrogens (tertiary/aromatic N) is 2. The molecule has 0 bridgehead atoms.